The molecular weight excluding hydrogens is 210 g/mol. The molecule has 0 aliphatic carbocycles. The molecule has 0 bridgehead atoms. The summed E-state index contributed by atoms with van der Waals surface area (Å²) in [4.78, 5) is 2.09. The minimum absolute atomic E-state index is 0.0394. The highest BCUT2D eigenvalue weighted by atomic mass is 15.1. The molecule has 0 aliphatic rings. The summed E-state index contributed by atoms with van der Waals surface area (Å²) in [5.41, 5.74) is 8.26. The fraction of sp³-hybridized carbons (Fsp3) is 0.500. The van der Waals surface area contributed by atoms with Gasteiger partial charge in [-0.3, -0.25) is 0 Å². The van der Waals surface area contributed by atoms with Crippen molar-refractivity contribution in [3.8, 4) is 6.07 Å². The summed E-state index contributed by atoms with van der Waals surface area (Å²) in [7, 11) is 2.00. The fourth-order valence-electron chi connectivity index (χ4n) is 1.77. The number of nitrogens with zero attached hydrogens (tertiary/aromatic N) is 2. The average molecular weight is 231 g/mol. The highest BCUT2D eigenvalue weighted by Gasteiger charge is 2.07. The van der Waals surface area contributed by atoms with Gasteiger partial charge in [-0.1, -0.05) is 19.1 Å². The van der Waals surface area contributed by atoms with E-state index < -0.39 is 0 Å². The van der Waals surface area contributed by atoms with Crippen LogP contribution in [-0.2, 0) is 0 Å². The second-order valence-electron chi connectivity index (χ2n) is 4.52. The predicted molar refractivity (Wildman–Crippen MR) is 71.7 cm³/mol. The number of benzene rings is 1. The highest BCUT2D eigenvalue weighted by Crippen LogP contribution is 2.19. The molecule has 1 aromatic carbocycles. The Hall–Kier alpha value is -1.53. The molecule has 17 heavy (non-hydrogen) atoms. The van der Waals surface area contributed by atoms with E-state index >= 15 is 0 Å². The minimum Gasteiger partial charge on any atom is -0.373 e. The van der Waals surface area contributed by atoms with Crippen molar-refractivity contribution in [2.24, 2.45) is 11.7 Å². The normalized spacial score (nSPS) is 13.8. The van der Waals surface area contributed by atoms with Crippen molar-refractivity contribution in [1.29, 1.82) is 5.26 Å². The van der Waals surface area contributed by atoms with Crippen molar-refractivity contribution in [2.45, 2.75) is 26.3 Å². The first kappa shape index (κ1) is 13.5. The lowest BCUT2D eigenvalue weighted by Crippen LogP contribution is -2.23. The van der Waals surface area contributed by atoms with E-state index in [1.807, 2.05) is 14.0 Å². The molecule has 0 amide bonds. The lowest BCUT2D eigenvalue weighted by molar-refractivity contribution is 0.696. The number of hydrogen-bond acceptors (Lipinski definition) is 3. The Morgan fingerprint density at radius 3 is 2.41 bits per heavy atom. The quantitative estimate of drug-likeness (QED) is 0.847. The van der Waals surface area contributed by atoms with Crippen molar-refractivity contribution in [3.63, 3.8) is 0 Å². The van der Waals surface area contributed by atoms with Gasteiger partial charge in [-0.05, 0) is 31.0 Å². The van der Waals surface area contributed by atoms with Crippen molar-refractivity contribution in [3.05, 3.63) is 29.8 Å². The Balaban J connectivity index is 2.71. The number of rotatable bonds is 5. The summed E-state index contributed by atoms with van der Waals surface area (Å²) in [6, 6.07) is 10.6. The molecule has 0 radical (unpaired) electrons. The SMILES string of the molecule is CC[C@@H](N)c1ccc(N(C)CC(C)C#N)cc1. The lowest BCUT2D eigenvalue weighted by atomic mass is 10.0. The summed E-state index contributed by atoms with van der Waals surface area (Å²) in [5.74, 6) is 0.0394. The van der Waals surface area contributed by atoms with E-state index in [-0.39, 0.29) is 12.0 Å². The fourth-order valence-corrected chi connectivity index (χ4v) is 1.77. The van der Waals surface area contributed by atoms with Crippen LogP contribution < -0.4 is 10.6 Å². The molecule has 2 atom stereocenters. The molecule has 0 spiro atoms. The largest absolute Gasteiger partial charge is 0.373 e. The standard InChI is InChI=1S/C14H21N3/c1-4-14(16)12-5-7-13(8-6-12)17(3)10-11(2)9-15/h5-8,11,14H,4,10,16H2,1-3H3/t11?,14-/m1/s1. The Morgan fingerprint density at radius 2 is 1.94 bits per heavy atom. The molecule has 1 rings (SSSR count). The van der Waals surface area contributed by atoms with E-state index in [4.69, 9.17) is 11.0 Å². The zero-order valence-electron chi connectivity index (χ0n) is 10.9. The maximum absolute atomic E-state index is 8.79. The Bertz CT molecular complexity index is 377. The van der Waals surface area contributed by atoms with E-state index in [1.54, 1.807) is 0 Å². The van der Waals surface area contributed by atoms with E-state index in [0.29, 0.717) is 0 Å². The summed E-state index contributed by atoms with van der Waals surface area (Å²) in [6.07, 6.45) is 0.945. The molecule has 0 saturated heterocycles. The second kappa shape index (κ2) is 6.27. The predicted octanol–water partition coefficient (Wildman–Crippen LogP) is 2.69. The lowest BCUT2D eigenvalue weighted by Gasteiger charge is -2.21. The molecule has 92 valence electrons. The number of nitrogens with two attached hydrogens (primary N) is 1. The van der Waals surface area contributed by atoms with E-state index in [9.17, 15) is 0 Å². The van der Waals surface area contributed by atoms with Gasteiger partial charge in [0.25, 0.3) is 0 Å². The third-order valence-corrected chi connectivity index (χ3v) is 2.97. The third-order valence-electron chi connectivity index (χ3n) is 2.97. The average Bonchev–Trinajstić information content (AvgIpc) is 2.37. The first-order valence-corrected chi connectivity index (χ1v) is 6.04. The Morgan fingerprint density at radius 1 is 1.35 bits per heavy atom. The van der Waals surface area contributed by atoms with Crippen LogP contribution in [-0.4, -0.2) is 13.6 Å². The first-order chi connectivity index (χ1) is 8.08. The van der Waals surface area contributed by atoms with Crippen LogP contribution in [0.4, 0.5) is 5.69 Å². The molecule has 0 aromatic heterocycles. The molecule has 3 nitrogen and oxygen atoms in total. The van der Waals surface area contributed by atoms with Crippen LogP contribution in [0, 0.1) is 17.2 Å². The van der Waals surface area contributed by atoms with Crippen LogP contribution in [0.25, 0.3) is 0 Å². The van der Waals surface area contributed by atoms with Crippen molar-refractivity contribution < 1.29 is 0 Å². The van der Waals surface area contributed by atoms with Gasteiger partial charge < -0.3 is 10.6 Å². The van der Waals surface area contributed by atoms with Gasteiger partial charge in [0, 0.05) is 25.3 Å². The number of anilines is 1. The molecule has 1 unspecified atom stereocenters. The first-order valence-electron chi connectivity index (χ1n) is 6.04. The number of nitriles is 1. The van der Waals surface area contributed by atoms with Gasteiger partial charge in [-0.2, -0.15) is 5.26 Å². The number of hydrogen-bond donors (Lipinski definition) is 1. The minimum atomic E-state index is 0.0394. The maximum Gasteiger partial charge on any atom is 0.0671 e. The third kappa shape index (κ3) is 3.76. The topological polar surface area (TPSA) is 53.0 Å². The summed E-state index contributed by atoms with van der Waals surface area (Å²) in [6.45, 7) is 4.76. The zero-order valence-corrected chi connectivity index (χ0v) is 10.9. The summed E-state index contributed by atoms with van der Waals surface area (Å²) < 4.78 is 0. The summed E-state index contributed by atoms with van der Waals surface area (Å²) >= 11 is 0. The van der Waals surface area contributed by atoms with Crippen LogP contribution in [0.3, 0.4) is 0 Å². The van der Waals surface area contributed by atoms with Crippen molar-refractivity contribution in [2.75, 3.05) is 18.5 Å². The van der Waals surface area contributed by atoms with Gasteiger partial charge in [-0.25, -0.2) is 0 Å². The van der Waals surface area contributed by atoms with E-state index in [2.05, 4.69) is 42.2 Å². The zero-order chi connectivity index (χ0) is 12.8. The molecule has 1 aromatic rings. The smallest absolute Gasteiger partial charge is 0.0671 e. The van der Waals surface area contributed by atoms with Gasteiger partial charge >= 0.3 is 0 Å². The molecule has 0 fully saturated rings. The van der Waals surface area contributed by atoms with Gasteiger partial charge in [0.1, 0.15) is 0 Å². The van der Waals surface area contributed by atoms with Crippen LogP contribution in [0.1, 0.15) is 31.9 Å². The molecule has 0 heterocycles. The summed E-state index contributed by atoms with van der Waals surface area (Å²) in [5, 5.41) is 8.79. The van der Waals surface area contributed by atoms with E-state index in [1.165, 1.54) is 0 Å². The van der Waals surface area contributed by atoms with Gasteiger partial charge in [0.05, 0.1) is 12.0 Å². The Labute approximate surface area is 104 Å². The van der Waals surface area contributed by atoms with Crippen molar-refractivity contribution in [1.82, 2.24) is 0 Å². The molecular formula is C14H21N3. The maximum atomic E-state index is 8.79. The second-order valence-corrected chi connectivity index (χ2v) is 4.52. The monoisotopic (exact) mass is 231 g/mol. The van der Waals surface area contributed by atoms with Gasteiger partial charge in [-0.15, -0.1) is 0 Å². The van der Waals surface area contributed by atoms with Crippen LogP contribution in [0.15, 0.2) is 24.3 Å². The van der Waals surface area contributed by atoms with Gasteiger partial charge in [0.15, 0.2) is 0 Å². The molecule has 2 N–H and O–H groups in total. The Kier molecular flexibility index (Phi) is 4.99. The van der Waals surface area contributed by atoms with Crippen LogP contribution >= 0.6 is 0 Å². The van der Waals surface area contributed by atoms with Crippen LogP contribution in [0.2, 0.25) is 0 Å². The van der Waals surface area contributed by atoms with Gasteiger partial charge in [0.2, 0.25) is 0 Å². The highest BCUT2D eigenvalue weighted by molar-refractivity contribution is 5.47. The molecule has 0 saturated carbocycles. The van der Waals surface area contributed by atoms with E-state index in [0.717, 1.165) is 24.2 Å². The van der Waals surface area contributed by atoms with Crippen molar-refractivity contribution >= 4 is 5.69 Å². The molecule has 3 heteroatoms. The molecule has 0 aliphatic heterocycles. The van der Waals surface area contributed by atoms with Crippen LogP contribution in [0.5, 0.6) is 0 Å².